The van der Waals surface area contributed by atoms with Gasteiger partial charge >= 0.3 is 0 Å². The molecule has 0 radical (unpaired) electrons. The Hall–Kier alpha value is -1.84. The molecule has 0 atom stereocenters. The van der Waals surface area contributed by atoms with Gasteiger partial charge < -0.3 is 5.32 Å². The highest BCUT2D eigenvalue weighted by molar-refractivity contribution is 5.45. The molecule has 16 heavy (non-hydrogen) atoms. The van der Waals surface area contributed by atoms with E-state index in [0.717, 1.165) is 17.2 Å². The van der Waals surface area contributed by atoms with E-state index in [-0.39, 0.29) is 0 Å². The number of aromatic nitrogens is 3. The van der Waals surface area contributed by atoms with Crippen molar-refractivity contribution in [3.63, 3.8) is 0 Å². The summed E-state index contributed by atoms with van der Waals surface area (Å²) < 4.78 is 1.95. The van der Waals surface area contributed by atoms with Crippen molar-refractivity contribution in [3.8, 4) is 5.69 Å². The SMILES string of the molecule is CNc1cc(-n2nc(C)c(C)c2C)ccn1. The van der Waals surface area contributed by atoms with Crippen molar-refractivity contribution >= 4 is 5.82 Å². The van der Waals surface area contributed by atoms with Crippen LogP contribution in [0.5, 0.6) is 0 Å². The van der Waals surface area contributed by atoms with Crippen LogP contribution in [0.25, 0.3) is 5.69 Å². The Labute approximate surface area is 95.3 Å². The van der Waals surface area contributed by atoms with Crippen LogP contribution in [0.15, 0.2) is 18.3 Å². The molecule has 1 N–H and O–H groups in total. The van der Waals surface area contributed by atoms with Crippen LogP contribution >= 0.6 is 0 Å². The fourth-order valence-corrected chi connectivity index (χ4v) is 1.66. The smallest absolute Gasteiger partial charge is 0.127 e. The first-order valence-electron chi connectivity index (χ1n) is 5.30. The number of aryl methyl sites for hydroxylation is 1. The number of hydrogen-bond donors (Lipinski definition) is 1. The van der Waals surface area contributed by atoms with Gasteiger partial charge in [0.25, 0.3) is 0 Å². The molecule has 4 nitrogen and oxygen atoms in total. The van der Waals surface area contributed by atoms with Gasteiger partial charge in [-0.05, 0) is 32.4 Å². The van der Waals surface area contributed by atoms with Gasteiger partial charge in [-0.2, -0.15) is 5.10 Å². The normalized spacial score (nSPS) is 10.5. The van der Waals surface area contributed by atoms with Crippen LogP contribution in [-0.2, 0) is 0 Å². The van der Waals surface area contributed by atoms with Crippen molar-refractivity contribution in [1.82, 2.24) is 14.8 Å². The zero-order chi connectivity index (χ0) is 11.7. The fourth-order valence-electron chi connectivity index (χ4n) is 1.66. The molecule has 4 heteroatoms. The Balaban J connectivity index is 2.54. The van der Waals surface area contributed by atoms with Crippen molar-refractivity contribution in [2.75, 3.05) is 12.4 Å². The number of hydrogen-bond acceptors (Lipinski definition) is 3. The van der Waals surface area contributed by atoms with Crippen molar-refractivity contribution in [3.05, 3.63) is 35.3 Å². The predicted molar refractivity (Wildman–Crippen MR) is 65.1 cm³/mol. The van der Waals surface area contributed by atoms with Gasteiger partial charge in [0.15, 0.2) is 0 Å². The Bertz CT molecular complexity index is 514. The average molecular weight is 216 g/mol. The lowest BCUT2D eigenvalue weighted by molar-refractivity contribution is 0.831. The average Bonchev–Trinajstić information content (AvgIpc) is 2.57. The molecular formula is C12H16N4. The van der Waals surface area contributed by atoms with E-state index in [4.69, 9.17) is 0 Å². The van der Waals surface area contributed by atoms with Gasteiger partial charge in [0.2, 0.25) is 0 Å². The van der Waals surface area contributed by atoms with Crippen molar-refractivity contribution in [2.45, 2.75) is 20.8 Å². The van der Waals surface area contributed by atoms with E-state index >= 15 is 0 Å². The summed E-state index contributed by atoms with van der Waals surface area (Å²) in [6.07, 6.45) is 1.78. The molecule has 0 aliphatic heterocycles. The highest BCUT2D eigenvalue weighted by Crippen LogP contribution is 2.17. The lowest BCUT2D eigenvalue weighted by Crippen LogP contribution is -2.01. The van der Waals surface area contributed by atoms with Crippen LogP contribution in [0.3, 0.4) is 0 Å². The molecule has 84 valence electrons. The summed E-state index contributed by atoms with van der Waals surface area (Å²) in [4.78, 5) is 4.19. The van der Waals surface area contributed by atoms with E-state index in [9.17, 15) is 0 Å². The van der Waals surface area contributed by atoms with Gasteiger partial charge in [-0.3, -0.25) is 0 Å². The Morgan fingerprint density at radius 3 is 2.56 bits per heavy atom. The molecule has 0 spiro atoms. The van der Waals surface area contributed by atoms with Gasteiger partial charge in [0.05, 0.1) is 11.4 Å². The summed E-state index contributed by atoms with van der Waals surface area (Å²) in [6.45, 7) is 6.20. The second-order valence-electron chi connectivity index (χ2n) is 3.86. The summed E-state index contributed by atoms with van der Waals surface area (Å²) in [5.41, 5.74) is 4.52. The van der Waals surface area contributed by atoms with E-state index in [0.29, 0.717) is 0 Å². The highest BCUT2D eigenvalue weighted by atomic mass is 15.3. The molecule has 0 bridgehead atoms. The lowest BCUT2D eigenvalue weighted by atomic mass is 10.2. The molecule has 0 aromatic carbocycles. The standard InChI is InChI=1S/C12H16N4/c1-8-9(2)15-16(10(8)3)11-5-6-14-12(7-11)13-4/h5-7H,1-4H3,(H,13,14). The molecule has 0 aliphatic rings. The minimum atomic E-state index is 0.850. The fraction of sp³-hybridized carbons (Fsp3) is 0.333. The molecule has 0 aliphatic carbocycles. The minimum absolute atomic E-state index is 0.850. The Morgan fingerprint density at radius 2 is 2.00 bits per heavy atom. The van der Waals surface area contributed by atoms with E-state index in [2.05, 4.69) is 29.2 Å². The maximum Gasteiger partial charge on any atom is 0.127 e. The molecular weight excluding hydrogens is 200 g/mol. The van der Waals surface area contributed by atoms with Gasteiger partial charge in [0, 0.05) is 25.0 Å². The van der Waals surface area contributed by atoms with Crippen LogP contribution in [0.2, 0.25) is 0 Å². The zero-order valence-corrected chi connectivity index (χ0v) is 10.1. The van der Waals surface area contributed by atoms with Crippen LogP contribution in [0.1, 0.15) is 17.0 Å². The summed E-state index contributed by atoms with van der Waals surface area (Å²) in [5.74, 6) is 0.850. The van der Waals surface area contributed by atoms with Gasteiger partial charge in [-0.25, -0.2) is 9.67 Å². The van der Waals surface area contributed by atoms with Crippen molar-refractivity contribution in [1.29, 1.82) is 0 Å². The molecule has 0 saturated carbocycles. The van der Waals surface area contributed by atoms with Crippen molar-refractivity contribution < 1.29 is 0 Å². The number of rotatable bonds is 2. The molecule has 2 heterocycles. The quantitative estimate of drug-likeness (QED) is 0.837. The summed E-state index contributed by atoms with van der Waals surface area (Å²) in [6, 6.07) is 3.94. The van der Waals surface area contributed by atoms with Crippen molar-refractivity contribution in [2.24, 2.45) is 0 Å². The third kappa shape index (κ3) is 1.66. The molecule has 2 aromatic rings. The monoisotopic (exact) mass is 216 g/mol. The number of nitrogens with one attached hydrogen (secondary N) is 1. The molecule has 0 saturated heterocycles. The van der Waals surface area contributed by atoms with Gasteiger partial charge in [-0.1, -0.05) is 0 Å². The number of pyridine rings is 1. The minimum Gasteiger partial charge on any atom is -0.373 e. The van der Waals surface area contributed by atoms with Gasteiger partial charge in [-0.15, -0.1) is 0 Å². The summed E-state index contributed by atoms with van der Waals surface area (Å²) in [7, 11) is 1.86. The third-order valence-corrected chi connectivity index (χ3v) is 2.90. The maximum atomic E-state index is 4.52. The van der Waals surface area contributed by atoms with Crippen LogP contribution in [0, 0.1) is 20.8 Å². The Morgan fingerprint density at radius 1 is 1.25 bits per heavy atom. The molecule has 0 fully saturated rings. The van der Waals surface area contributed by atoms with E-state index in [1.807, 2.05) is 30.8 Å². The van der Waals surface area contributed by atoms with E-state index in [1.54, 1.807) is 6.20 Å². The molecule has 0 unspecified atom stereocenters. The topological polar surface area (TPSA) is 42.7 Å². The molecule has 2 rings (SSSR count). The van der Waals surface area contributed by atoms with E-state index in [1.165, 1.54) is 11.3 Å². The second kappa shape index (κ2) is 3.96. The maximum absolute atomic E-state index is 4.52. The predicted octanol–water partition coefficient (Wildman–Crippen LogP) is 2.23. The molecule has 2 aromatic heterocycles. The van der Waals surface area contributed by atoms with E-state index < -0.39 is 0 Å². The molecule has 0 amide bonds. The number of nitrogens with zero attached hydrogens (tertiary/aromatic N) is 3. The number of anilines is 1. The largest absolute Gasteiger partial charge is 0.373 e. The lowest BCUT2D eigenvalue weighted by Gasteiger charge is -2.06. The third-order valence-electron chi connectivity index (χ3n) is 2.90. The van der Waals surface area contributed by atoms with Gasteiger partial charge in [0.1, 0.15) is 5.82 Å². The first-order chi connectivity index (χ1) is 7.63. The highest BCUT2D eigenvalue weighted by Gasteiger charge is 2.08. The Kier molecular flexibility index (Phi) is 2.64. The zero-order valence-electron chi connectivity index (χ0n) is 10.1. The van der Waals surface area contributed by atoms with Crippen LogP contribution in [0.4, 0.5) is 5.82 Å². The summed E-state index contributed by atoms with van der Waals surface area (Å²) in [5, 5.41) is 7.54. The van der Waals surface area contributed by atoms with Crippen LogP contribution < -0.4 is 5.32 Å². The first-order valence-corrected chi connectivity index (χ1v) is 5.30. The first kappa shape index (κ1) is 10.7. The second-order valence-corrected chi connectivity index (χ2v) is 3.86. The van der Waals surface area contributed by atoms with Crippen LogP contribution in [-0.4, -0.2) is 21.8 Å². The summed E-state index contributed by atoms with van der Waals surface area (Å²) >= 11 is 0.